The van der Waals surface area contributed by atoms with Crippen molar-refractivity contribution in [2.75, 3.05) is 31.3 Å². The zero-order valence-corrected chi connectivity index (χ0v) is 24.8. The molecule has 2 heterocycles. The number of hydrogen-bond donors (Lipinski definition) is 2. The standard InChI is InChI=1S/C29H29FN6O5S2/c1-41-24-12-8-22(9-13-24)32-27(37)19-42-29-34-33-26(36(29)23-10-6-21(30)7-11-23)18-31-28(38)20-4-14-25(15-5-20)43(39,40)35-16-2-3-17-35/h4-15H,2-3,16-19H2,1H3,(H,31,38)(H,32,37). The minimum Gasteiger partial charge on any atom is -0.497 e. The monoisotopic (exact) mass is 624 g/mol. The summed E-state index contributed by atoms with van der Waals surface area (Å²) in [5.41, 5.74) is 1.43. The third kappa shape index (κ3) is 7.21. The van der Waals surface area contributed by atoms with E-state index in [1.54, 1.807) is 48.1 Å². The summed E-state index contributed by atoms with van der Waals surface area (Å²) < 4.78 is 47.4. The molecule has 5 rings (SSSR count). The van der Waals surface area contributed by atoms with E-state index in [1.807, 2.05) is 0 Å². The molecule has 43 heavy (non-hydrogen) atoms. The first-order valence-corrected chi connectivity index (χ1v) is 15.8. The Balaban J connectivity index is 1.27. The van der Waals surface area contributed by atoms with E-state index < -0.39 is 21.7 Å². The van der Waals surface area contributed by atoms with E-state index in [2.05, 4.69) is 20.8 Å². The minimum atomic E-state index is -3.59. The third-order valence-corrected chi connectivity index (χ3v) is 9.56. The number of halogens is 1. The first-order chi connectivity index (χ1) is 20.7. The topological polar surface area (TPSA) is 136 Å². The van der Waals surface area contributed by atoms with Crippen LogP contribution >= 0.6 is 11.8 Å². The van der Waals surface area contributed by atoms with Crippen molar-refractivity contribution in [3.8, 4) is 11.4 Å². The van der Waals surface area contributed by atoms with Crippen LogP contribution in [0.15, 0.2) is 82.8 Å². The number of hydrogen-bond acceptors (Lipinski definition) is 8. The van der Waals surface area contributed by atoms with Gasteiger partial charge in [-0.25, -0.2) is 12.8 Å². The number of nitrogens with zero attached hydrogens (tertiary/aromatic N) is 4. The van der Waals surface area contributed by atoms with Crippen LogP contribution in [0.1, 0.15) is 29.0 Å². The van der Waals surface area contributed by atoms with Crippen LogP contribution in [0, 0.1) is 5.82 Å². The van der Waals surface area contributed by atoms with Gasteiger partial charge in [-0.2, -0.15) is 4.31 Å². The van der Waals surface area contributed by atoms with Gasteiger partial charge in [-0.05, 0) is 85.6 Å². The van der Waals surface area contributed by atoms with Crippen LogP contribution in [-0.4, -0.2) is 65.3 Å². The Labute approximate surface area is 252 Å². The Morgan fingerprint density at radius 1 is 0.953 bits per heavy atom. The third-order valence-electron chi connectivity index (χ3n) is 6.72. The van der Waals surface area contributed by atoms with Gasteiger partial charge < -0.3 is 15.4 Å². The lowest BCUT2D eigenvalue weighted by atomic mass is 10.2. The van der Waals surface area contributed by atoms with Crippen molar-refractivity contribution in [2.24, 2.45) is 0 Å². The van der Waals surface area contributed by atoms with Crippen LogP contribution in [-0.2, 0) is 21.4 Å². The molecule has 14 heteroatoms. The van der Waals surface area contributed by atoms with Gasteiger partial charge in [0.05, 0.1) is 24.3 Å². The number of benzene rings is 3. The zero-order chi connectivity index (χ0) is 30.4. The van der Waals surface area contributed by atoms with E-state index in [4.69, 9.17) is 4.74 Å². The van der Waals surface area contributed by atoms with Crippen molar-refractivity contribution in [1.29, 1.82) is 0 Å². The molecule has 0 atom stereocenters. The van der Waals surface area contributed by atoms with E-state index in [1.165, 1.54) is 40.7 Å². The Hall–Kier alpha value is -4.27. The summed E-state index contributed by atoms with van der Waals surface area (Å²) in [7, 11) is -2.03. The molecular weight excluding hydrogens is 595 g/mol. The van der Waals surface area contributed by atoms with Crippen LogP contribution < -0.4 is 15.4 Å². The van der Waals surface area contributed by atoms with Gasteiger partial charge in [0.2, 0.25) is 15.9 Å². The molecule has 1 fully saturated rings. The van der Waals surface area contributed by atoms with Crippen molar-refractivity contribution in [1.82, 2.24) is 24.4 Å². The Kier molecular flexibility index (Phi) is 9.38. The maximum Gasteiger partial charge on any atom is 0.251 e. The number of nitrogens with one attached hydrogen (secondary N) is 2. The molecule has 0 aliphatic carbocycles. The fourth-order valence-corrected chi connectivity index (χ4v) is 6.76. The first kappa shape index (κ1) is 30.2. The molecule has 2 N–H and O–H groups in total. The number of sulfonamides is 1. The highest BCUT2D eigenvalue weighted by Crippen LogP contribution is 2.24. The Morgan fingerprint density at radius 2 is 1.63 bits per heavy atom. The lowest BCUT2D eigenvalue weighted by Gasteiger charge is -2.15. The lowest BCUT2D eigenvalue weighted by Crippen LogP contribution is -2.28. The quantitative estimate of drug-likeness (QED) is 0.240. The summed E-state index contributed by atoms with van der Waals surface area (Å²) in [5.74, 6) is -0.0894. The number of carbonyl (C=O) groups is 2. The van der Waals surface area contributed by atoms with Crippen molar-refractivity contribution in [3.05, 3.63) is 90.0 Å². The molecule has 0 radical (unpaired) electrons. The molecule has 0 bridgehead atoms. The number of ether oxygens (including phenoxy) is 1. The largest absolute Gasteiger partial charge is 0.497 e. The molecular formula is C29H29FN6O5S2. The molecule has 0 spiro atoms. The summed E-state index contributed by atoms with van der Waals surface area (Å²) in [5, 5.41) is 14.4. The number of aromatic nitrogens is 3. The average Bonchev–Trinajstić information content (AvgIpc) is 3.71. The average molecular weight is 625 g/mol. The van der Waals surface area contributed by atoms with E-state index in [0.29, 0.717) is 41.2 Å². The second kappa shape index (κ2) is 13.4. The summed E-state index contributed by atoms with van der Waals surface area (Å²) in [6.07, 6.45) is 1.67. The molecule has 1 aliphatic rings. The lowest BCUT2D eigenvalue weighted by molar-refractivity contribution is -0.113. The number of anilines is 1. The summed E-state index contributed by atoms with van der Waals surface area (Å²) >= 11 is 1.13. The van der Waals surface area contributed by atoms with Crippen LogP contribution in [0.3, 0.4) is 0 Å². The number of rotatable bonds is 11. The van der Waals surface area contributed by atoms with Crippen LogP contribution in [0.25, 0.3) is 5.69 Å². The zero-order valence-electron chi connectivity index (χ0n) is 23.2. The van der Waals surface area contributed by atoms with Gasteiger partial charge in [-0.1, -0.05) is 11.8 Å². The first-order valence-electron chi connectivity index (χ1n) is 13.4. The van der Waals surface area contributed by atoms with Crippen molar-refractivity contribution in [2.45, 2.75) is 29.4 Å². The highest BCUT2D eigenvalue weighted by molar-refractivity contribution is 7.99. The summed E-state index contributed by atoms with van der Waals surface area (Å²) in [6, 6.07) is 18.4. The molecule has 1 aromatic heterocycles. The fourth-order valence-electron chi connectivity index (χ4n) is 4.48. The molecule has 1 aliphatic heterocycles. The second-order valence-electron chi connectivity index (χ2n) is 9.59. The molecule has 3 aromatic carbocycles. The number of methoxy groups -OCH3 is 1. The predicted molar refractivity (Wildman–Crippen MR) is 159 cm³/mol. The van der Waals surface area contributed by atoms with Gasteiger partial charge in [0.15, 0.2) is 11.0 Å². The maximum atomic E-state index is 13.7. The summed E-state index contributed by atoms with van der Waals surface area (Å²) in [4.78, 5) is 25.7. The van der Waals surface area contributed by atoms with Gasteiger partial charge in [0, 0.05) is 30.0 Å². The number of thioether (sulfide) groups is 1. The molecule has 224 valence electrons. The molecule has 4 aromatic rings. The van der Waals surface area contributed by atoms with Crippen molar-refractivity contribution >= 4 is 39.3 Å². The maximum absolute atomic E-state index is 13.7. The second-order valence-corrected chi connectivity index (χ2v) is 12.5. The van der Waals surface area contributed by atoms with Gasteiger partial charge in [-0.15, -0.1) is 10.2 Å². The highest BCUT2D eigenvalue weighted by Gasteiger charge is 2.27. The van der Waals surface area contributed by atoms with E-state index in [-0.39, 0.29) is 28.7 Å². The molecule has 2 amide bonds. The van der Waals surface area contributed by atoms with Gasteiger partial charge in [0.25, 0.3) is 5.91 Å². The highest BCUT2D eigenvalue weighted by atomic mass is 32.2. The molecule has 11 nitrogen and oxygen atoms in total. The van der Waals surface area contributed by atoms with E-state index in [0.717, 1.165) is 24.6 Å². The molecule has 0 saturated carbocycles. The number of amides is 2. The molecule has 1 saturated heterocycles. The minimum absolute atomic E-state index is 0.0183. The Morgan fingerprint density at radius 3 is 2.28 bits per heavy atom. The van der Waals surface area contributed by atoms with Crippen LogP contribution in [0.5, 0.6) is 5.75 Å². The van der Waals surface area contributed by atoms with Crippen molar-refractivity contribution in [3.63, 3.8) is 0 Å². The molecule has 0 unspecified atom stereocenters. The predicted octanol–water partition coefficient (Wildman–Crippen LogP) is 3.86. The van der Waals surface area contributed by atoms with Gasteiger partial charge >= 0.3 is 0 Å². The SMILES string of the molecule is COc1ccc(NC(=O)CSc2nnc(CNC(=O)c3ccc(S(=O)(=O)N4CCCC4)cc3)n2-c2ccc(F)cc2)cc1. The van der Waals surface area contributed by atoms with Crippen LogP contribution in [0.2, 0.25) is 0 Å². The fraction of sp³-hybridized carbons (Fsp3) is 0.241. The summed E-state index contributed by atoms with van der Waals surface area (Å²) in [6.45, 7) is 0.954. The van der Waals surface area contributed by atoms with E-state index in [9.17, 15) is 22.4 Å². The van der Waals surface area contributed by atoms with Gasteiger partial charge in [0.1, 0.15) is 11.6 Å². The van der Waals surface area contributed by atoms with E-state index >= 15 is 0 Å². The Bertz CT molecular complexity index is 1690. The smallest absolute Gasteiger partial charge is 0.251 e. The van der Waals surface area contributed by atoms with Gasteiger partial charge in [-0.3, -0.25) is 14.2 Å². The number of carbonyl (C=O) groups excluding carboxylic acids is 2. The van der Waals surface area contributed by atoms with Crippen molar-refractivity contribution < 1.29 is 27.1 Å². The normalized spacial score (nSPS) is 13.5. The van der Waals surface area contributed by atoms with Crippen LogP contribution in [0.4, 0.5) is 10.1 Å².